The van der Waals surface area contributed by atoms with Gasteiger partial charge in [0.05, 0.1) is 0 Å². The van der Waals surface area contributed by atoms with Crippen LogP contribution < -0.4 is 4.90 Å². The number of ketones is 1. The number of carbonyl (C=O) groups excluding carboxylic acids is 1. The molecule has 1 aromatic rings. The van der Waals surface area contributed by atoms with Crippen molar-refractivity contribution in [3.05, 3.63) is 52.6 Å². The Labute approximate surface area is 192 Å². The number of allylic oxidation sites excluding steroid dienone is 4. The number of nitrogens with zero attached hydrogens (tertiary/aromatic N) is 1. The lowest BCUT2D eigenvalue weighted by Crippen LogP contribution is -2.49. The normalized spacial score (nSPS) is 35.8. The standard InChI is InChI=1S/C29H35NO2/c1-5-14-29(32)16-13-26-23-11-8-20-17-22(31)18-25(19-6-9-21(10-7-19)30(3)4)27(20)24(23)12-15-28(26,29)2/h6-7,9-10,17,23,25-26,32H,8,11-13,15-16,18H2,1-4H3/t23-,25?,26+,28+,29?/m1/s1. The van der Waals surface area contributed by atoms with Crippen LogP contribution in [0.1, 0.15) is 70.3 Å². The molecule has 4 aliphatic carbocycles. The van der Waals surface area contributed by atoms with Crippen molar-refractivity contribution >= 4 is 11.5 Å². The number of fused-ring (bicyclic) bond motifs is 4. The number of rotatable bonds is 2. The Hall–Kier alpha value is -2.31. The first-order chi connectivity index (χ1) is 15.3. The van der Waals surface area contributed by atoms with E-state index in [4.69, 9.17) is 0 Å². The lowest BCUT2D eigenvalue weighted by Gasteiger charge is -2.51. The average Bonchev–Trinajstić information content (AvgIpc) is 3.04. The number of hydrogen-bond donors (Lipinski definition) is 1. The summed E-state index contributed by atoms with van der Waals surface area (Å²) in [5.41, 5.74) is 5.75. The van der Waals surface area contributed by atoms with Gasteiger partial charge in [-0.3, -0.25) is 4.79 Å². The molecular formula is C29H35NO2. The molecule has 2 unspecified atom stereocenters. The maximum atomic E-state index is 12.7. The second kappa shape index (κ2) is 7.63. The molecule has 2 fully saturated rings. The van der Waals surface area contributed by atoms with Crippen LogP contribution in [0.2, 0.25) is 0 Å². The van der Waals surface area contributed by atoms with Gasteiger partial charge in [0.2, 0.25) is 0 Å². The zero-order valence-corrected chi connectivity index (χ0v) is 19.9. The molecule has 168 valence electrons. The van der Waals surface area contributed by atoms with Crippen molar-refractivity contribution in [2.45, 2.75) is 70.3 Å². The highest BCUT2D eigenvalue weighted by Gasteiger charge is 2.60. The van der Waals surface area contributed by atoms with Crippen molar-refractivity contribution in [3.8, 4) is 11.8 Å². The summed E-state index contributed by atoms with van der Waals surface area (Å²) in [5.74, 6) is 7.61. The third kappa shape index (κ3) is 3.11. The van der Waals surface area contributed by atoms with E-state index in [1.807, 2.05) is 13.0 Å². The lowest BCUT2D eigenvalue weighted by atomic mass is 9.54. The molecule has 3 nitrogen and oxygen atoms in total. The highest BCUT2D eigenvalue weighted by molar-refractivity contribution is 5.94. The van der Waals surface area contributed by atoms with E-state index in [1.165, 1.54) is 22.4 Å². The van der Waals surface area contributed by atoms with Gasteiger partial charge in [-0.15, -0.1) is 5.92 Å². The van der Waals surface area contributed by atoms with E-state index in [1.54, 1.807) is 5.57 Å². The minimum absolute atomic E-state index is 0.140. The number of benzene rings is 1. The van der Waals surface area contributed by atoms with Crippen LogP contribution in [-0.4, -0.2) is 30.6 Å². The summed E-state index contributed by atoms with van der Waals surface area (Å²) < 4.78 is 0. The van der Waals surface area contributed by atoms with E-state index in [0.717, 1.165) is 38.5 Å². The Kier molecular flexibility index (Phi) is 5.13. The lowest BCUT2D eigenvalue weighted by molar-refractivity contribution is -0.115. The molecule has 2 saturated carbocycles. The largest absolute Gasteiger partial charge is 0.378 e. The second-order valence-corrected chi connectivity index (χ2v) is 10.8. The first kappa shape index (κ1) is 21.5. The molecular weight excluding hydrogens is 394 g/mol. The predicted octanol–water partition coefficient (Wildman–Crippen LogP) is 5.41. The number of anilines is 1. The van der Waals surface area contributed by atoms with Gasteiger partial charge in [0.15, 0.2) is 5.78 Å². The van der Waals surface area contributed by atoms with Crippen molar-refractivity contribution in [2.75, 3.05) is 19.0 Å². The minimum Gasteiger partial charge on any atom is -0.378 e. The fourth-order valence-electron chi connectivity index (χ4n) is 7.35. The maximum Gasteiger partial charge on any atom is 0.156 e. The molecule has 0 aliphatic heterocycles. The Balaban J connectivity index is 1.57. The van der Waals surface area contributed by atoms with Gasteiger partial charge in [0.25, 0.3) is 0 Å². The fourth-order valence-corrected chi connectivity index (χ4v) is 7.35. The Morgan fingerprint density at radius 2 is 1.84 bits per heavy atom. The first-order valence-electron chi connectivity index (χ1n) is 12.2. The fraction of sp³-hybridized carbons (Fsp3) is 0.552. The SMILES string of the molecule is CC#CC1(O)CC[C@H]2[C@@H]3CCC4=CC(=O)CC(c5ccc(N(C)C)cc5)C4=C3CC[C@@]21C. The number of carbonyl (C=O) groups is 1. The van der Waals surface area contributed by atoms with Crippen molar-refractivity contribution in [2.24, 2.45) is 17.3 Å². The van der Waals surface area contributed by atoms with E-state index in [9.17, 15) is 9.90 Å². The Morgan fingerprint density at radius 1 is 1.09 bits per heavy atom. The summed E-state index contributed by atoms with van der Waals surface area (Å²) in [7, 11) is 4.11. The highest BCUT2D eigenvalue weighted by Crippen LogP contribution is 2.64. The van der Waals surface area contributed by atoms with E-state index in [0.29, 0.717) is 18.3 Å². The minimum atomic E-state index is -0.858. The van der Waals surface area contributed by atoms with Crippen LogP contribution >= 0.6 is 0 Å². The molecule has 0 spiro atoms. The summed E-state index contributed by atoms with van der Waals surface area (Å²) in [5, 5.41) is 11.5. The number of aliphatic hydroxyl groups is 1. The van der Waals surface area contributed by atoms with Gasteiger partial charge in [0, 0.05) is 37.5 Å². The molecule has 5 atom stereocenters. The molecule has 0 heterocycles. The van der Waals surface area contributed by atoms with Crippen molar-refractivity contribution in [3.63, 3.8) is 0 Å². The Morgan fingerprint density at radius 3 is 2.53 bits per heavy atom. The molecule has 0 saturated heterocycles. The van der Waals surface area contributed by atoms with Gasteiger partial charge < -0.3 is 10.0 Å². The average molecular weight is 430 g/mol. The molecule has 32 heavy (non-hydrogen) atoms. The highest BCUT2D eigenvalue weighted by atomic mass is 16.3. The molecule has 4 aliphatic rings. The van der Waals surface area contributed by atoms with E-state index < -0.39 is 5.60 Å². The zero-order valence-electron chi connectivity index (χ0n) is 19.9. The first-order valence-corrected chi connectivity index (χ1v) is 12.2. The monoisotopic (exact) mass is 429 g/mol. The number of hydrogen-bond acceptors (Lipinski definition) is 3. The predicted molar refractivity (Wildman–Crippen MR) is 129 cm³/mol. The summed E-state index contributed by atoms with van der Waals surface area (Å²) in [6.45, 7) is 4.12. The van der Waals surface area contributed by atoms with Crippen LogP contribution in [0.4, 0.5) is 5.69 Å². The molecule has 0 amide bonds. The van der Waals surface area contributed by atoms with Gasteiger partial charge >= 0.3 is 0 Å². The molecule has 1 aromatic carbocycles. The van der Waals surface area contributed by atoms with Crippen LogP contribution in [0, 0.1) is 29.1 Å². The quantitative estimate of drug-likeness (QED) is 0.640. The van der Waals surface area contributed by atoms with E-state index in [2.05, 4.69) is 62.0 Å². The molecule has 0 aromatic heterocycles. The van der Waals surface area contributed by atoms with Gasteiger partial charge in [-0.1, -0.05) is 30.6 Å². The van der Waals surface area contributed by atoms with Gasteiger partial charge in [-0.2, -0.15) is 0 Å². The molecule has 1 N–H and O–H groups in total. The van der Waals surface area contributed by atoms with Gasteiger partial charge in [-0.05, 0) is 92.2 Å². The maximum absolute atomic E-state index is 12.7. The van der Waals surface area contributed by atoms with Crippen LogP contribution in [0.3, 0.4) is 0 Å². The van der Waals surface area contributed by atoms with Crippen LogP contribution in [0.15, 0.2) is 47.1 Å². The summed E-state index contributed by atoms with van der Waals surface area (Å²) in [6, 6.07) is 8.76. The second-order valence-electron chi connectivity index (χ2n) is 10.8. The van der Waals surface area contributed by atoms with Crippen molar-refractivity contribution in [1.29, 1.82) is 0 Å². The topological polar surface area (TPSA) is 40.5 Å². The summed E-state index contributed by atoms with van der Waals surface area (Å²) in [6.07, 6.45) is 8.40. The van der Waals surface area contributed by atoms with Crippen molar-refractivity contribution in [1.82, 2.24) is 0 Å². The Bertz CT molecular complexity index is 1070. The smallest absolute Gasteiger partial charge is 0.156 e. The third-order valence-corrected chi connectivity index (χ3v) is 9.08. The van der Waals surface area contributed by atoms with Gasteiger partial charge in [0.1, 0.15) is 5.60 Å². The molecule has 0 bridgehead atoms. The molecule has 3 heteroatoms. The van der Waals surface area contributed by atoms with Crippen LogP contribution in [0.5, 0.6) is 0 Å². The molecule has 5 rings (SSSR count). The van der Waals surface area contributed by atoms with E-state index >= 15 is 0 Å². The summed E-state index contributed by atoms with van der Waals surface area (Å²) >= 11 is 0. The van der Waals surface area contributed by atoms with E-state index in [-0.39, 0.29) is 17.1 Å². The third-order valence-electron chi connectivity index (χ3n) is 9.08. The van der Waals surface area contributed by atoms with Gasteiger partial charge in [-0.25, -0.2) is 0 Å². The van der Waals surface area contributed by atoms with Crippen LogP contribution in [0.25, 0.3) is 0 Å². The zero-order chi connectivity index (χ0) is 22.7. The molecule has 0 radical (unpaired) electrons. The summed E-state index contributed by atoms with van der Waals surface area (Å²) in [4.78, 5) is 14.8. The van der Waals surface area contributed by atoms with Crippen LogP contribution in [-0.2, 0) is 4.79 Å². The van der Waals surface area contributed by atoms with Crippen molar-refractivity contribution < 1.29 is 9.90 Å².